The van der Waals surface area contributed by atoms with Crippen molar-refractivity contribution in [2.45, 2.75) is 27.2 Å². The number of carbonyl (C=O) groups is 1. The molecular formula is C9H14N2O. The van der Waals surface area contributed by atoms with Crippen molar-refractivity contribution in [3.63, 3.8) is 0 Å². The molecule has 0 aromatic rings. The number of rotatable bonds is 0. The second-order valence-electron chi connectivity index (χ2n) is 3.87. The van der Waals surface area contributed by atoms with Crippen molar-refractivity contribution in [3.05, 3.63) is 12.3 Å². The first kappa shape index (κ1) is 8.97. The van der Waals surface area contributed by atoms with Crippen LogP contribution in [0.1, 0.15) is 27.2 Å². The lowest BCUT2D eigenvalue weighted by atomic mass is 9.96. The van der Waals surface area contributed by atoms with Gasteiger partial charge in [-0.15, -0.1) is 0 Å². The summed E-state index contributed by atoms with van der Waals surface area (Å²) in [4.78, 5) is 15.4. The summed E-state index contributed by atoms with van der Waals surface area (Å²) in [5, 5.41) is 2.77. The number of aliphatic imine (C=N–C) groups is 1. The summed E-state index contributed by atoms with van der Waals surface area (Å²) in [6.07, 6.45) is 4.36. The molecule has 1 N–H and O–H groups in total. The molecule has 0 unspecified atom stereocenters. The lowest BCUT2D eigenvalue weighted by Crippen LogP contribution is -2.38. The zero-order chi connectivity index (χ0) is 9.19. The molecule has 1 aliphatic heterocycles. The first-order valence-corrected chi connectivity index (χ1v) is 4.03. The van der Waals surface area contributed by atoms with E-state index < -0.39 is 0 Å². The minimum absolute atomic E-state index is 0.0185. The van der Waals surface area contributed by atoms with E-state index >= 15 is 0 Å². The lowest BCUT2D eigenvalue weighted by molar-refractivity contribution is -0.126. The second-order valence-corrected chi connectivity index (χ2v) is 3.87. The van der Waals surface area contributed by atoms with E-state index in [0.717, 1.165) is 12.3 Å². The third-order valence-corrected chi connectivity index (χ3v) is 1.59. The molecule has 66 valence electrons. The molecule has 12 heavy (non-hydrogen) atoms. The quantitative estimate of drug-likeness (QED) is 0.581. The number of amidine groups is 1. The highest BCUT2D eigenvalue weighted by Gasteiger charge is 2.22. The minimum Gasteiger partial charge on any atom is -0.314 e. The lowest BCUT2D eigenvalue weighted by Gasteiger charge is -2.17. The van der Waals surface area contributed by atoms with Crippen LogP contribution in [0.2, 0.25) is 0 Å². The number of amides is 1. The summed E-state index contributed by atoms with van der Waals surface area (Å²) < 4.78 is 0. The van der Waals surface area contributed by atoms with Gasteiger partial charge in [-0.05, 0) is 0 Å². The smallest absolute Gasteiger partial charge is 0.230 e. The van der Waals surface area contributed by atoms with Crippen molar-refractivity contribution in [2.75, 3.05) is 0 Å². The van der Waals surface area contributed by atoms with Crippen molar-refractivity contribution in [3.8, 4) is 0 Å². The van der Waals surface area contributed by atoms with Gasteiger partial charge in [0, 0.05) is 18.0 Å². The first-order chi connectivity index (χ1) is 5.50. The van der Waals surface area contributed by atoms with Crippen LogP contribution in [0.15, 0.2) is 17.3 Å². The number of nitrogens with zero attached hydrogens (tertiary/aromatic N) is 1. The van der Waals surface area contributed by atoms with Gasteiger partial charge >= 0.3 is 0 Å². The maximum Gasteiger partial charge on any atom is 0.230 e. The predicted molar refractivity (Wildman–Crippen MR) is 48.8 cm³/mol. The molecule has 0 spiro atoms. The van der Waals surface area contributed by atoms with Crippen LogP contribution in [0.5, 0.6) is 0 Å². The molecule has 0 saturated heterocycles. The molecule has 0 fully saturated rings. The Morgan fingerprint density at radius 3 is 2.67 bits per heavy atom. The molecule has 0 saturated carbocycles. The predicted octanol–water partition coefficient (Wildman–Crippen LogP) is 1.46. The van der Waals surface area contributed by atoms with E-state index in [1.165, 1.54) is 0 Å². The van der Waals surface area contributed by atoms with Gasteiger partial charge in [0.15, 0.2) is 0 Å². The third kappa shape index (κ3) is 2.19. The van der Waals surface area contributed by atoms with Crippen LogP contribution < -0.4 is 5.32 Å². The van der Waals surface area contributed by atoms with Crippen LogP contribution in [-0.4, -0.2) is 11.7 Å². The van der Waals surface area contributed by atoms with E-state index in [1.807, 2.05) is 26.8 Å². The highest BCUT2D eigenvalue weighted by atomic mass is 16.2. The first-order valence-electron chi connectivity index (χ1n) is 4.03. The summed E-state index contributed by atoms with van der Waals surface area (Å²) >= 11 is 0. The number of hydrogen-bond donors (Lipinski definition) is 1. The topological polar surface area (TPSA) is 41.5 Å². The van der Waals surface area contributed by atoms with Crippen molar-refractivity contribution in [2.24, 2.45) is 10.4 Å². The monoisotopic (exact) mass is 166 g/mol. The third-order valence-electron chi connectivity index (χ3n) is 1.59. The van der Waals surface area contributed by atoms with Gasteiger partial charge in [-0.25, -0.2) is 4.99 Å². The van der Waals surface area contributed by atoms with Gasteiger partial charge in [0.25, 0.3) is 0 Å². The van der Waals surface area contributed by atoms with E-state index in [-0.39, 0.29) is 11.3 Å². The van der Waals surface area contributed by atoms with Crippen LogP contribution in [0, 0.1) is 5.41 Å². The Bertz CT molecular complexity index is 246. The molecule has 1 rings (SSSR count). The maximum absolute atomic E-state index is 11.4. The largest absolute Gasteiger partial charge is 0.314 e. The standard InChI is InChI=1S/C9H14N2O/c1-9(2,3)8(12)11-7-5-4-6-10-7/h4,6H,5H2,1-3H3,(H,10,11,12). The highest BCUT2D eigenvalue weighted by Crippen LogP contribution is 2.13. The van der Waals surface area contributed by atoms with Gasteiger partial charge < -0.3 is 5.32 Å². The number of hydrogen-bond acceptors (Lipinski definition) is 2. The molecule has 0 aromatic heterocycles. The normalized spacial score (nSPS) is 16.1. The molecule has 0 radical (unpaired) electrons. The zero-order valence-corrected chi connectivity index (χ0v) is 7.72. The van der Waals surface area contributed by atoms with E-state index in [0.29, 0.717) is 0 Å². The van der Waals surface area contributed by atoms with E-state index in [1.54, 1.807) is 6.20 Å². The summed E-state index contributed by atoms with van der Waals surface area (Å²) in [5.41, 5.74) is -0.342. The Kier molecular flexibility index (Phi) is 2.31. The van der Waals surface area contributed by atoms with E-state index in [9.17, 15) is 4.79 Å². The number of nitrogens with one attached hydrogen (secondary N) is 1. The molecule has 0 atom stereocenters. The molecule has 1 amide bonds. The Morgan fingerprint density at radius 1 is 1.58 bits per heavy atom. The Hall–Kier alpha value is -1.12. The fraction of sp³-hybridized carbons (Fsp3) is 0.556. The fourth-order valence-electron chi connectivity index (χ4n) is 0.762. The van der Waals surface area contributed by atoms with Gasteiger partial charge in [0.2, 0.25) is 5.91 Å². The summed E-state index contributed by atoms with van der Waals surface area (Å²) in [7, 11) is 0. The molecule has 0 aromatic carbocycles. The Morgan fingerprint density at radius 2 is 2.25 bits per heavy atom. The molecular weight excluding hydrogens is 152 g/mol. The Balaban J connectivity index is 2.48. The van der Waals surface area contributed by atoms with Crippen LogP contribution in [0.4, 0.5) is 0 Å². The van der Waals surface area contributed by atoms with Crippen molar-refractivity contribution >= 4 is 11.7 Å². The van der Waals surface area contributed by atoms with Gasteiger partial charge in [-0.1, -0.05) is 26.8 Å². The SMILES string of the molecule is CC(C)(C)C(=O)NC1=NC=CC1. The molecule has 0 bridgehead atoms. The molecule has 1 aliphatic rings. The van der Waals surface area contributed by atoms with Crippen molar-refractivity contribution in [1.29, 1.82) is 0 Å². The van der Waals surface area contributed by atoms with E-state index in [4.69, 9.17) is 0 Å². The summed E-state index contributed by atoms with van der Waals surface area (Å²) in [6.45, 7) is 5.64. The molecule has 3 heteroatoms. The van der Waals surface area contributed by atoms with Crippen LogP contribution in [-0.2, 0) is 4.79 Å². The minimum atomic E-state index is -0.342. The highest BCUT2D eigenvalue weighted by molar-refractivity contribution is 6.01. The van der Waals surface area contributed by atoms with Crippen LogP contribution in [0.3, 0.4) is 0 Å². The van der Waals surface area contributed by atoms with Gasteiger partial charge in [0.05, 0.1) is 0 Å². The number of carbonyl (C=O) groups excluding carboxylic acids is 1. The molecule has 1 heterocycles. The zero-order valence-electron chi connectivity index (χ0n) is 7.72. The second kappa shape index (κ2) is 3.09. The van der Waals surface area contributed by atoms with Crippen molar-refractivity contribution < 1.29 is 4.79 Å². The summed E-state index contributed by atoms with van der Waals surface area (Å²) in [5.74, 6) is 0.764. The van der Waals surface area contributed by atoms with Crippen LogP contribution in [0.25, 0.3) is 0 Å². The Labute approximate surface area is 72.6 Å². The van der Waals surface area contributed by atoms with Crippen LogP contribution >= 0.6 is 0 Å². The molecule has 0 aliphatic carbocycles. The summed E-state index contributed by atoms with van der Waals surface area (Å²) in [6, 6.07) is 0. The average Bonchev–Trinajstić information content (AvgIpc) is 2.37. The average molecular weight is 166 g/mol. The maximum atomic E-state index is 11.4. The van der Waals surface area contributed by atoms with Crippen molar-refractivity contribution in [1.82, 2.24) is 5.32 Å². The molecule has 3 nitrogen and oxygen atoms in total. The van der Waals surface area contributed by atoms with E-state index in [2.05, 4.69) is 10.3 Å². The van der Waals surface area contributed by atoms with Gasteiger partial charge in [0.1, 0.15) is 5.84 Å². The van der Waals surface area contributed by atoms with Gasteiger partial charge in [-0.2, -0.15) is 0 Å². The fourth-order valence-corrected chi connectivity index (χ4v) is 0.762. The van der Waals surface area contributed by atoms with Gasteiger partial charge in [-0.3, -0.25) is 4.79 Å².